The van der Waals surface area contributed by atoms with Crippen LogP contribution in [0.5, 0.6) is 0 Å². The highest BCUT2D eigenvalue weighted by Crippen LogP contribution is 2.60. The van der Waals surface area contributed by atoms with Crippen LogP contribution in [0.1, 0.15) is 12.8 Å². The van der Waals surface area contributed by atoms with Crippen molar-refractivity contribution in [1.82, 2.24) is 0 Å². The lowest BCUT2D eigenvalue weighted by Gasteiger charge is -2.35. The van der Waals surface area contributed by atoms with Gasteiger partial charge in [0.25, 0.3) is 5.69 Å². The van der Waals surface area contributed by atoms with Crippen LogP contribution in [0.25, 0.3) is 0 Å². The second kappa shape index (κ2) is 4.15. The van der Waals surface area contributed by atoms with Gasteiger partial charge in [-0.15, -0.1) is 0 Å². The Kier molecular flexibility index (Phi) is 2.32. The Balaban J connectivity index is 1.46. The number of rotatable bonds is 2. The number of nitro groups is 1. The number of anilines is 1. The first-order valence-electron chi connectivity index (χ1n) is 7.85. The predicted octanol–water partition coefficient (Wildman–Crippen LogP) is 3.36. The maximum Gasteiger partial charge on any atom is 0.269 e. The number of non-ortho nitro benzene ring substituents is 1. The van der Waals surface area contributed by atoms with Crippen LogP contribution in [0.2, 0.25) is 0 Å². The van der Waals surface area contributed by atoms with Gasteiger partial charge in [0, 0.05) is 12.1 Å². The third-order valence-corrected chi connectivity index (χ3v) is 5.97. The van der Waals surface area contributed by atoms with E-state index in [1.165, 1.54) is 12.8 Å². The Bertz CT molecular complexity index is 699. The molecular weight excluding hydrogens is 280 g/mol. The van der Waals surface area contributed by atoms with Crippen molar-refractivity contribution in [3.63, 3.8) is 0 Å². The van der Waals surface area contributed by atoms with Crippen molar-refractivity contribution >= 4 is 11.4 Å². The fourth-order valence-electron chi connectivity index (χ4n) is 5.13. The summed E-state index contributed by atoms with van der Waals surface area (Å²) in [7, 11) is 0. The molecule has 0 aromatic heterocycles. The molecule has 2 fully saturated rings. The summed E-state index contributed by atoms with van der Waals surface area (Å²) in [6.45, 7) is 0. The average Bonchev–Trinajstić information content (AvgIpc) is 3.25. The van der Waals surface area contributed by atoms with Crippen molar-refractivity contribution in [1.29, 1.82) is 0 Å². The largest absolute Gasteiger partial charge is 0.269 e. The summed E-state index contributed by atoms with van der Waals surface area (Å²) in [5, 5.41) is 21.7. The van der Waals surface area contributed by atoms with Crippen molar-refractivity contribution < 1.29 is 4.92 Å². The molecule has 6 nitrogen and oxygen atoms in total. The first-order chi connectivity index (χ1) is 10.7. The molecule has 0 amide bonds. The zero-order chi connectivity index (χ0) is 14.8. The predicted molar refractivity (Wildman–Crippen MR) is 80.3 cm³/mol. The van der Waals surface area contributed by atoms with Crippen molar-refractivity contribution in [2.45, 2.75) is 24.9 Å². The van der Waals surface area contributed by atoms with E-state index in [1.807, 2.05) is 5.01 Å². The highest BCUT2D eigenvalue weighted by atomic mass is 16.6. The molecule has 1 aliphatic heterocycles. The molecule has 1 heterocycles. The normalized spacial score (nSPS) is 40.3. The number of hydrogen-bond acceptors (Lipinski definition) is 5. The van der Waals surface area contributed by atoms with Gasteiger partial charge < -0.3 is 0 Å². The van der Waals surface area contributed by atoms with Gasteiger partial charge in [-0.05, 0) is 48.6 Å². The van der Waals surface area contributed by atoms with Gasteiger partial charge >= 0.3 is 0 Å². The minimum Gasteiger partial charge on any atom is -0.258 e. The molecule has 6 atom stereocenters. The molecule has 1 aromatic carbocycles. The van der Waals surface area contributed by atoms with E-state index in [1.54, 1.807) is 24.3 Å². The van der Waals surface area contributed by atoms with Gasteiger partial charge in [-0.3, -0.25) is 10.1 Å². The number of nitrogens with zero attached hydrogens (tertiary/aromatic N) is 4. The van der Waals surface area contributed by atoms with Crippen LogP contribution in [0.15, 0.2) is 46.8 Å². The van der Waals surface area contributed by atoms with Gasteiger partial charge in [-0.25, -0.2) is 5.01 Å². The molecule has 2 bridgehead atoms. The smallest absolute Gasteiger partial charge is 0.258 e. The number of allylic oxidation sites excluding steroid dienone is 2. The van der Waals surface area contributed by atoms with E-state index >= 15 is 0 Å². The van der Waals surface area contributed by atoms with Crippen molar-refractivity contribution in [3.05, 3.63) is 46.5 Å². The van der Waals surface area contributed by atoms with E-state index in [2.05, 4.69) is 22.5 Å². The number of benzene rings is 1. The average molecular weight is 296 g/mol. The SMILES string of the molecule is O=[N+]([O-])c1ccc(N2N=N[C@@H]3[C@H]4C[C@@H]([C@@H]5CC=C[C@@H]54)[C@H]32)cc1. The molecule has 0 radical (unpaired) electrons. The van der Waals surface area contributed by atoms with Gasteiger partial charge in [-0.1, -0.05) is 17.4 Å². The fraction of sp³-hybridized carbons (Fsp3) is 0.500. The second-order valence-corrected chi connectivity index (χ2v) is 6.77. The summed E-state index contributed by atoms with van der Waals surface area (Å²) in [5.74, 6) is 2.71. The van der Waals surface area contributed by atoms with Gasteiger partial charge in [0.15, 0.2) is 0 Å². The van der Waals surface area contributed by atoms with Gasteiger partial charge in [0.05, 0.1) is 22.7 Å². The molecular formula is C16H16N4O2. The minimum atomic E-state index is -0.371. The Labute approximate surface area is 127 Å². The third-order valence-electron chi connectivity index (χ3n) is 5.97. The van der Waals surface area contributed by atoms with Crippen LogP contribution in [0, 0.1) is 33.8 Å². The van der Waals surface area contributed by atoms with E-state index in [4.69, 9.17) is 0 Å². The Hall–Kier alpha value is -2.24. The standard InChI is InChI=1S/C16H16N4O2/c21-20(22)10-6-4-9(5-7-10)19-16-14-8-13(15(16)17-18-19)11-2-1-3-12(11)14/h1-2,4-7,11-16H,3,8H2/t11-,12+,13-,14-,15+,16+/m0/s1. The van der Waals surface area contributed by atoms with E-state index < -0.39 is 0 Å². The molecule has 0 unspecified atom stereocenters. The van der Waals surface area contributed by atoms with Crippen LogP contribution in [0.4, 0.5) is 11.4 Å². The zero-order valence-corrected chi connectivity index (χ0v) is 11.9. The Morgan fingerprint density at radius 3 is 2.77 bits per heavy atom. The van der Waals surface area contributed by atoms with Crippen LogP contribution in [-0.4, -0.2) is 17.0 Å². The maximum absolute atomic E-state index is 10.8. The van der Waals surface area contributed by atoms with Gasteiger partial charge in [0.2, 0.25) is 0 Å². The Morgan fingerprint density at radius 2 is 2.00 bits per heavy atom. The molecule has 112 valence electrons. The molecule has 3 aliphatic carbocycles. The molecule has 5 rings (SSSR count). The highest BCUT2D eigenvalue weighted by Gasteiger charge is 2.61. The lowest BCUT2D eigenvalue weighted by atomic mass is 9.76. The van der Waals surface area contributed by atoms with Crippen LogP contribution >= 0.6 is 0 Å². The summed E-state index contributed by atoms with van der Waals surface area (Å²) in [6.07, 6.45) is 7.14. The van der Waals surface area contributed by atoms with Crippen molar-refractivity contribution in [2.75, 3.05) is 5.01 Å². The van der Waals surface area contributed by atoms with Crippen LogP contribution in [-0.2, 0) is 0 Å². The van der Waals surface area contributed by atoms with Gasteiger partial charge in [-0.2, -0.15) is 5.11 Å². The molecule has 4 aliphatic rings. The van der Waals surface area contributed by atoms with E-state index in [-0.39, 0.29) is 10.6 Å². The number of hydrogen-bond donors (Lipinski definition) is 0. The van der Waals surface area contributed by atoms with Crippen molar-refractivity contribution in [2.24, 2.45) is 34.0 Å². The molecule has 22 heavy (non-hydrogen) atoms. The van der Waals surface area contributed by atoms with Crippen LogP contribution < -0.4 is 5.01 Å². The summed E-state index contributed by atoms with van der Waals surface area (Å²) in [6, 6.07) is 7.31. The summed E-state index contributed by atoms with van der Waals surface area (Å²) in [5.41, 5.74) is 1.03. The van der Waals surface area contributed by atoms with E-state index in [9.17, 15) is 10.1 Å². The highest BCUT2D eigenvalue weighted by molar-refractivity contribution is 5.52. The van der Waals surface area contributed by atoms with Gasteiger partial charge in [0.1, 0.15) is 0 Å². The zero-order valence-electron chi connectivity index (χ0n) is 11.9. The second-order valence-electron chi connectivity index (χ2n) is 6.77. The molecule has 0 saturated heterocycles. The molecule has 2 saturated carbocycles. The lowest BCUT2D eigenvalue weighted by Crippen LogP contribution is -2.44. The number of nitro benzene ring substituents is 1. The summed E-state index contributed by atoms with van der Waals surface area (Å²) >= 11 is 0. The maximum atomic E-state index is 10.8. The van der Waals surface area contributed by atoms with Crippen LogP contribution in [0.3, 0.4) is 0 Å². The first-order valence-corrected chi connectivity index (χ1v) is 7.85. The minimum absolute atomic E-state index is 0.115. The number of fused-ring (bicyclic) bond motifs is 8. The molecule has 1 aromatic rings. The molecule has 6 heteroatoms. The molecule has 0 N–H and O–H groups in total. The first kappa shape index (κ1) is 12.3. The van der Waals surface area contributed by atoms with E-state index in [0.29, 0.717) is 29.8 Å². The fourth-order valence-corrected chi connectivity index (χ4v) is 5.13. The Morgan fingerprint density at radius 1 is 1.18 bits per heavy atom. The van der Waals surface area contributed by atoms with Crippen molar-refractivity contribution in [3.8, 4) is 0 Å². The third kappa shape index (κ3) is 1.44. The molecule has 0 spiro atoms. The quantitative estimate of drug-likeness (QED) is 0.477. The van der Waals surface area contributed by atoms with E-state index in [0.717, 1.165) is 11.6 Å². The lowest BCUT2D eigenvalue weighted by molar-refractivity contribution is -0.384. The topological polar surface area (TPSA) is 71.1 Å². The summed E-state index contributed by atoms with van der Waals surface area (Å²) < 4.78 is 0. The summed E-state index contributed by atoms with van der Waals surface area (Å²) in [4.78, 5) is 10.4. The monoisotopic (exact) mass is 296 g/mol.